The maximum atomic E-state index is 14.2. The average Bonchev–Trinajstić information content (AvgIpc) is 2.62. The van der Waals surface area contributed by atoms with Crippen LogP contribution in [0.15, 0.2) is 42.5 Å². The second kappa shape index (κ2) is 9.12. The van der Waals surface area contributed by atoms with E-state index in [-0.39, 0.29) is 29.5 Å². The van der Waals surface area contributed by atoms with E-state index < -0.39 is 23.6 Å². The van der Waals surface area contributed by atoms with E-state index in [4.69, 9.17) is 5.11 Å². The van der Waals surface area contributed by atoms with Gasteiger partial charge in [-0.05, 0) is 48.7 Å². The number of nitrogens with one attached hydrogen (secondary N) is 2. The molecular weight excluding hydrogens is 363 g/mol. The van der Waals surface area contributed by atoms with Crippen molar-refractivity contribution < 1.29 is 23.9 Å². The molecule has 0 aliphatic carbocycles. The molecule has 3 N–H and O–H groups in total. The molecule has 0 fully saturated rings. The molecule has 1 atom stereocenters. The van der Waals surface area contributed by atoms with E-state index in [0.717, 1.165) is 6.07 Å². The Kier molecular flexibility index (Phi) is 6.87. The number of carbonyl (C=O) groups is 3. The first-order valence-electron chi connectivity index (χ1n) is 8.91. The Bertz CT molecular complexity index is 878. The molecule has 0 aliphatic rings. The Morgan fingerprint density at radius 1 is 1.00 bits per heavy atom. The lowest BCUT2D eigenvalue weighted by Gasteiger charge is -2.11. The van der Waals surface area contributed by atoms with Crippen LogP contribution in [-0.2, 0) is 9.59 Å². The van der Waals surface area contributed by atoms with E-state index in [1.165, 1.54) is 12.1 Å². The van der Waals surface area contributed by atoms with Crippen molar-refractivity contribution in [2.45, 2.75) is 33.1 Å². The van der Waals surface area contributed by atoms with E-state index in [2.05, 4.69) is 10.6 Å². The van der Waals surface area contributed by atoms with Crippen LogP contribution in [-0.4, -0.2) is 22.9 Å². The molecule has 0 radical (unpaired) electrons. The van der Waals surface area contributed by atoms with Gasteiger partial charge in [-0.3, -0.25) is 14.4 Å². The maximum Gasteiger partial charge on any atom is 0.310 e. The quantitative estimate of drug-likeness (QED) is 0.663. The Morgan fingerprint density at radius 3 is 2.18 bits per heavy atom. The van der Waals surface area contributed by atoms with Crippen LogP contribution >= 0.6 is 0 Å². The third-order valence-electron chi connectivity index (χ3n) is 4.14. The van der Waals surface area contributed by atoms with Crippen LogP contribution in [0, 0.1) is 11.7 Å². The molecule has 148 valence electrons. The first-order valence-corrected chi connectivity index (χ1v) is 8.91. The first kappa shape index (κ1) is 21.1. The summed E-state index contributed by atoms with van der Waals surface area (Å²) in [6, 6.07) is 10.2. The van der Waals surface area contributed by atoms with Gasteiger partial charge in [0.25, 0.3) is 5.91 Å². The topological polar surface area (TPSA) is 95.5 Å². The average molecular weight is 386 g/mol. The second-order valence-corrected chi connectivity index (χ2v) is 6.98. The number of halogens is 1. The summed E-state index contributed by atoms with van der Waals surface area (Å²) in [5.74, 6) is -2.95. The summed E-state index contributed by atoms with van der Waals surface area (Å²) in [7, 11) is 0. The minimum Gasteiger partial charge on any atom is -0.481 e. The van der Waals surface area contributed by atoms with Crippen molar-refractivity contribution in [3.63, 3.8) is 0 Å². The Hall–Kier alpha value is -3.22. The molecule has 0 spiro atoms. The highest BCUT2D eigenvalue weighted by Crippen LogP contribution is 2.20. The molecule has 2 amide bonds. The van der Waals surface area contributed by atoms with Gasteiger partial charge in [0.1, 0.15) is 5.82 Å². The van der Waals surface area contributed by atoms with Crippen molar-refractivity contribution >= 4 is 29.2 Å². The van der Waals surface area contributed by atoms with E-state index in [0.29, 0.717) is 11.3 Å². The van der Waals surface area contributed by atoms with Gasteiger partial charge in [-0.15, -0.1) is 0 Å². The van der Waals surface area contributed by atoms with Crippen LogP contribution in [0.3, 0.4) is 0 Å². The van der Waals surface area contributed by atoms with Gasteiger partial charge < -0.3 is 15.7 Å². The van der Waals surface area contributed by atoms with Crippen molar-refractivity contribution in [3.05, 3.63) is 59.4 Å². The highest BCUT2D eigenvalue weighted by atomic mass is 19.1. The van der Waals surface area contributed by atoms with E-state index in [1.807, 2.05) is 13.8 Å². The van der Waals surface area contributed by atoms with Crippen molar-refractivity contribution in [2.24, 2.45) is 5.92 Å². The number of hydrogen-bond donors (Lipinski definition) is 3. The SMILES string of the molecule is CC(C)CC(=O)Nc1ccc(C(=O)Nc2ccc(C(C)C(=O)O)cc2)cc1F. The zero-order valence-electron chi connectivity index (χ0n) is 16.0. The second-order valence-electron chi connectivity index (χ2n) is 6.98. The molecule has 0 aliphatic heterocycles. The fourth-order valence-electron chi connectivity index (χ4n) is 2.53. The number of rotatable bonds is 7. The normalized spacial score (nSPS) is 11.8. The zero-order chi connectivity index (χ0) is 20.8. The summed E-state index contributed by atoms with van der Waals surface area (Å²) in [6.45, 7) is 5.34. The van der Waals surface area contributed by atoms with Gasteiger partial charge in [0.15, 0.2) is 0 Å². The number of carboxylic acid groups (broad SMARTS) is 1. The third kappa shape index (κ3) is 5.64. The number of benzene rings is 2. The lowest BCUT2D eigenvalue weighted by molar-refractivity contribution is -0.138. The van der Waals surface area contributed by atoms with Gasteiger partial charge in [0.05, 0.1) is 11.6 Å². The molecule has 6 nitrogen and oxygen atoms in total. The van der Waals surface area contributed by atoms with E-state index in [9.17, 15) is 18.8 Å². The lowest BCUT2D eigenvalue weighted by Crippen LogP contribution is -2.16. The van der Waals surface area contributed by atoms with Crippen molar-refractivity contribution in [1.82, 2.24) is 0 Å². The summed E-state index contributed by atoms with van der Waals surface area (Å²) >= 11 is 0. The van der Waals surface area contributed by atoms with Crippen LogP contribution in [0.1, 0.15) is 49.0 Å². The number of hydrogen-bond acceptors (Lipinski definition) is 3. The van der Waals surface area contributed by atoms with Crippen LogP contribution in [0.5, 0.6) is 0 Å². The molecule has 2 aromatic carbocycles. The van der Waals surface area contributed by atoms with Gasteiger partial charge in [-0.1, -0.05) is 26.0 Å². The fourth-order valence-corrected chi connectivity index (χ4v) is 2.53. The van der Waals surface area contributed by atoms with Gasteiger partial charge in [-0.2, -0.15) is 0 Å². The molecule has 7 heteroatoms. The monoisotopic (exact) mass is 386 g/mol. The van der Waals surface area contributed by atoms with Crippen molar-refractivity contribution in [3.8, 4) is 0 Å². The smallest absolute Gasteiger partial charge is 0.310 e. The summed E-state index contributed by atoms with van der Waals surface area (Å²) in [5.41, 5.74) is 1.19. The van der Waals surface area contributed by atoms with Gasteiger partial charge >= 0.3 is 5.97 Å². The summed E-state index contributed by atoms with van der Waals surface area (Å²) < 4.78 is 14.2. The Labute approximate surface area is 162 Å². The number of aliphatic carboxylic acids is 1. The van der Waals surface area contributed by atoms with E-state index in [1.54, 1.807) is 31.2 Å². The Balaban J connectivity index is 2.05. The lowest BCUT2D eigenvalue weighted by atomic mass is 10.0. The minimum absolute atomic E-state index is 0.0224. The molecule has 0 saturated carbocycles. The molecule has 1 unspecified atom stereocenters. The van der Waals surface area contributed by atoms with Crippen LogP contribution in [0.25, 0.3) is 0 Å². The number of carbonyl (C=O) groups excluding carboxylic acids is 2. The molecule has 2 aromatic rings. The van der Waals surface area contributed by atoms with Crippen LogP contribution < -0.4 is 10.6 Å². The van der Waals surface area contributed by atoms with Gasteiger partial charge in [0.2, 0.25) is 5.91 Å². The third-order valence-corrected chi connectivity index (χ3v) is 4.14. The molecule has 0 bridgehead atoms. The zero-order valence-corrected chi connectivity index (χ0v) is 16.0. The summed E-state index contributed by atoms with van der Waals surface area (Å²) in [6.07, 6.45) is 0.276. The highest BCUT2D eigenvalue weighted by Gasteiger charge is 2.15. The van der Waals surface area contributed by atoms with Crippen molar-refractivity contribution in [2.75, 3.05) is 10.6 Å². The van der Waals surface area contributed by atoms with Crippen LogP contribution in [0.2, 0.25) is 0 Å². The van der Waals surface area contributed by atoms with E-state index >= 15 is 0 Å². The predicted molar refractivity (Wildman–Crippen MR) is 105 cm³/mol. The van der Waals surface area contributed by atoms with Crippen LogP contribution in [0.4, 0.5) is 15.8 Å². The van der Waals surface area contributed by atoms with Gasteiger partial charge in [-0.25, -0.2) is 4.39 Å². The predicted octanol–water partition coefficient (Wildman–Crippen LogP) is 4.25. The number of amides is 2. The minimum atomic E-state index is -0.937. The fraction of sp³-hybridized carbons (Fsp3) is 0.286. The highest BCUT2D eigenvalue weighted by molar-refractivity contribution is 6.04. The summed E-state index contributed by atoms with van der Waals surface area (Å²) in [4.78, 5) is 35.1. The molecule has 0 aromatic heterocycles. The number of anilines is 2. The standard InChI is InChI=1S/C21H23FN2O4/c1-12(2)10-19(25)24-18-9-6-15(11-17(18)22)20(26)23-16-7-4-14(5-8-16)13(3)21(27)28/h4-9,11-13H,10H2,1-3H3,(H,23,26)(H,24,25)(H,27,28). The maximum absolute atomic E-state index is 14.2. The first-order chi connectivity index (χ1) is 13.2. The van der Waals surface area contributed by atoms with Crippen molar-refractivity contribution in [1.29, 1.82) is 0 Å². The summed E-state index contributed by atoms with van der Waals surface area (Å²) in [5, 5.41) is 14.1. The molecular formula is C21H23FN2O4. The molecule has 28 heavy (non-hydrogen) atoms. The molecule has 2 rings (SSSR count). The molecule has 0 saturated heterocycles. The molecule has 0 heterocycles. The Morgan fingerprint density at radius 2 is 1.64 bits per heavy atom. The van der Waals surface area contributed by atoms with Gasteiger partial charge in [0, 0.05) is 17.7 Å². The largest absolute Gasteiger partial charge is 0.481 e. The number of carboxylic acids is 1.